The number of nitrogens with two attached hydrogens (primary N) is 1. The van der Waals surface area contributed by atoms with E-state index in [1.807, 2.05) is 18.3 Å². The Balaban J connectivity index is 1.75. The van der Waals surface area contributed by atoms with Crippen molar-refractivity contribution in [1.29, 1.82) is 0 Å². The highest BCUT2D eigenvalue weighted by Crippen LogP contribution is 2.40. The SMILES string of the molecule is CN(Cc1ccccn1)C(CN)c1cccc(C2CC2)c1. The number of hydrogen-bond acceptors (Lipinski definition) is 3. The zero-order chi connectivity index (χ0) is 14.7. The molecule has 0 aliphatic heterocycles. The van der Waals surface area contributed by atoms with Crippen molar-refractivity contribution in [2.45, 2.75) is 31.3 Å². The highest BCUT2D eigenvalue weighted by Gasteiger charge is 2.24. The van der Waals surface area contributed by atoms with Gasteiger partial charge in [-0.25, -0.2) is 0 Å². The minimum absolute atomic E-state index is 0.241. The molecular formula is C18H23N3. The molecule has 1 aliphatic carbocycles. The maximum atomic E-state index is 6.04. The summed E-state index contributed by atoms with van der Waals surface area (Å²) < 4.78 is 0. The van der Waals surface area contributed by atoms with Gasteiger partial charge in [0.15, 0.2) is 0 Å². The van der Waals surface area contributed by atoms with Gasteiger partial charge in [0, 0.05) is 25.3 Å². The van der Waals surface area contributed by atoms with Crippen LogP contribution >= 0.6 is 0 Å². The molecule has 1 heterocycles. The second-order valence-electron chi connectivity index (χ2n) is 5.93. The van der Waals surface area contributed by atoms with Gasteiger partial charge in [0.05, 0.1) is 5.69 Å². The molecule has 1 aromatic carbocycles. The van der Waals surface area contributed by atoms with E-state index < -0.39 is 0 Å². The molecule has 3 heteroatoms. The molecule has 1 unspecified atom stereocenters. The molecule has 1 aliphatic rings. The molecule has 0 radical (unpaired) electrons. The topological polar surface area (TPSA) is 42.2 Å². The van der Waals surface area contributed by atoms with Crippen molar-refractivity contribution in [3.63, 3.8) is 0 Å². The van der Waals surface area contributed by atoms with Gasteiger partial charge in [-0.2, -0.15) is 0 Å². The Bertz CT molecular complexity index is 578. The summed E-state index contributed by atoms with van der Waals surface area (Å²) in [6.45, 7) is 1.44. The van der Waals surface area contributed by atoms with E-state index in [4.69, 9.17) is 5.73 Å². The molecule has 1 saturated carbocycles. The first-order valence-corrected chi connectivity index (χ1v) is 7.68. The van der Waals surface area contributed by atoms with E-state index >= 15 is 0 Å². The van der Waals surface area contributed by atoms with Crippen LogP contribution in [0, 0.1) is 0 Å². The van der Waals surface area contributed by atoms with Gasteiger partial charge in [0.1, 0.15) is 0 Å². The molecule has 110 valence electrons. The minimum Gasteiger partial charge on any atom is -0.329 e. The fraction of sp³-hybridized carbons (Fsp3) is 0.389. The minimum atomic E-state index is 0.241. The molecule has 0 bridgehead atoms. The van der Waals surface area contributed by atoms with Gasteiger partial charge in [0.2, 0.25) is 0 Å². The van der Waals surface area contributed by atoms with E-state index in [2.05, 4.69) is 47.3 Å². The third-order valence-electron chi connectivity index (χ3n) is 4.24. The number of nitrogens with zero attached hydrogens (tertiary/aromatic N) is 2. The summed E-state index contributed by atoms with van der Waals surface area (Å²) in [5.41, 5.74) is 9.91. The molecule has 1 aromatic heterocycles. The lowest BCUT2D eigenvalue weighted by atomic mass is 10.0. The van der Waals surface area contributed by atoms with Gasteiger partial charge in [-0.3, -0.25) is 9.88 Å². The molecule has 0 spiro atoms. The van der Waals surface area contributed by atoms with E-state index in [1.165, 1.54) is 24.0 Å². The van der Waals surface area contributed by atoms with E-state index in [0.29, 0.717) is 6.54 Å². The molecule has 2 N–H and O–H groups in total. The van der Waals surface area contributed by atoms with Crippen molar-refractivity contribution in [2.24, 2.45) is 5.73 Å². The summed E-state index contributed by atoms with van der Waals surface area (Å²) in [7, 11) is 2.12. The standard InChI is InChI=1S/C18H23N3/c1-21(13-17-7-2-3-10-20-17)18(12-19)16-6-4-5-15(11-16)14-8-9-14/h2-7,10-11,14,18H,8-9,12-13,19H2,1H3. The van der Waals surface area contributed by atoms with Crippen LogP contribution in [0.5, 0.6) is 0 Å². The number of aromatic nitrogens is 1. The highest BCUT2D eigenvalue weighted by atomic mass is 15.1. The van der Waals surface area contributed by atoms with Crippen LogP contribution in [-0.4, -0.2) is 23.5 Å². The maximum absolute atomic E-state index is 6.04. The second-order valence-corrected chi connectivity index (χ2v) is 5.93. The molecule has 21 heavy (non-hydrogen) atoms. The maximum Gasteiger partial charge on any atom is 0.0544 e. The van der Waals surface area contributed by atoms with Gasteiger partial charge in [0.25, 0.3) is 0 Å². The number of likely N-dealkylation sites (N-methyl/N-ethyl adjacent to an activating group) is 1. The van der Waals surface area contributed by atoms with Crippen LogP contribution in [0.15, 0.2) is 48.7 Å². The summed E-state index contributed by atoms with van der Waals surface area (Å²) in [6, 6.07) is 15.2. The number of pyridine rings is 1. The lowest BCUT2D eigenvalue weighted by Crippen LogP contribution is -2.30. The van der Waals surface area contributed by atoms with Crippen LogP contribution < -0.4 is 5.73 Å². The fourth-order valence-electron chi connectivity index (χ4n) is 2.86. The number of benzene rings is 1. The Morgan fingerprint density at radius 1 is 1.24 bits per heavy atom. The Kier molecular flexibility index (Phi) is 4.32. The molecule has 0 amide bonds. The Labute approximate surface area is 126 Å². The summed E-state index contributed by atoms with van der Waals surface area (Å²) in [6.07, 6.45) is 4.51. The summed E-state index contributed by atoms with van der Waals surface area (Å²) in [4.78, 5) is 6.69. The molecule has 0 saturated heterocycles. The molecule has 1 atom stereocenters. The molecule has 3 nitrogen and oxygen atoms in total. The molecule has 1 fully saturated rings. The van der Waals surface area contributed by atoms with E-state index in [0.717, 1.165) is 18.2 Å². The van der Waals surface area contributed by atoms with Crippen LogP contribution in [0.25, 0.3) is 0 Å². The van der Waals surface area contributed by atoms with Crippen molar-refractivity contribution >= 4 is 0 Å². The predicted molar refractivity (Wildman–Crippen MR) is 85.9 cm³/mol. The van der Waals surface area contributed by atoms with Crippen LogP contribution in [-0.2, 0) is 6.54 Å². The van der Waals surface area contributed by atoms with Gasteiger partial charge in [-0.1, -0.05) is 30.3 Å². The van der Waals surface area contributed by atoms with Crippen molar-refractivity contribution in [3.8, 4) is 0 Å². The summed E-state index contributed by atoms with van der Waals surface area (Å²) in [5, 5.41) is 0. The van der Waals surface area contributed by atoms with E-state index in [9.17, 15) is 0 Å². The van der Waals surface area contributed by atoms with Crippen molar-refractivity contribution in [1.82, 2.24) is 9.88 Å². The Morgan fingerprint density at radius 2 is 2.10 bits per heavy atom. The van der Waals surface area contributed by atoms with Crippen molar-refractivity contribution in [3.05, 3.63) is 65.5 Å². The predicted octanol–water partition coefficient (Wildman–Crippen LogP) is 3.09. The molecule has 2 aromatic rings. The summed E-state index contributed by atoms with van der Waals surface area (Å²) >= 11 is 0. The van der Waals surface area contributed by atoms with Crippen molar-refractivity contribution < 1.29 is 0 Å². The highest BCUT2D eigenvalue weighted by molar-refractivity contribution is 5.31. The quantitative estimate of drug-likeness (QED) is 0.884. The van der Waals surface area contributed by atoms with Crippen LogP contribution in [0.1, 0.15) is 41.6 Å². The van der Waals surface area contributed by atoms with Crippen LogP contribution in [0.3, 0.4) is 0 Å². The van der Waals surface area contributed by atoms with Gasteiger partial charge in [-0.05, 0) is 49.1 Å². The van der Waals surface area contributed by atoms with Gasteiger partial charge < -0.3 is 5.73 Å². The third kappa shape index (κ3) is 3.49. The zero-order valence-electron chi connectivity index (χ0n) is 12.6. The first-order chi connectivity index (χ1) is 10.3. The largest absolute Gasteiger partial charge is 0.329 e. The van der Waals surface area contributed by atoms with E-state index in [-0.39, 0.29) is 6.04 Å². The normalized spacial score (nSPS) is 16.1. The lowest BCUT2D eigenvalue weighted by Gasteiger charge is -2.27. The Hall–Kier alpha value is -1.71. The van der Waals surface area contributed by atoms with Crippen LogP contribution in [0.2, 0.25) is 0 Å². The third-order valence-corrected chi connectivity index (χ3v) is 4.24. The van der Waals surface area contributed by atoms with E-state index in [1.54, 1.807) is 0 Å². The lowest BCUT2D eigenvalue weighted by molar-refractivity contribution is 0.239. The van der Waals surface area contributed by atoms with Crippen molar-refractivity contribution in [2.75, 3.05) is 13.6 Å². The first-order valence-electron chi connectivity index (χ1n) is 7.68. The van der Waals surface area contributed by atoms with Gasteiger partial charge >= 0.3 is 0 Å². The average molecular weight is 281 g/mol. The smallest absolute Gasteiger partial charge is 0.0544 e. The average Bonchev–Trinajstić information content (AvgIpc) is 3.34. The van der Waals surface area contributed by atoms with Gasteiger partial charge in [-0.15, -0.1) is 0 Å². The number of hydrogen-bond donors (Lipinski definition) is 1. The van der Waals surface area contributed by atoms with Crippen LogP contribution in [0.4, 0.5) is 0 Å². The molecule has 3 rings (SSSR count). The first kappa shape index (κ1) is 14.2. The summed E-state index contributed by atoms with van der Waals surface area (Å²) in [5.74, 6) is 0.782. The fourth-order valence-corrected chi connectivity index (χ4v) is 2.86. The second kappa shape index (κ2) is 6.37. The number of rotatable bonds is 6. The monoisotopic (exact) mass is 281 g/mol. The Morgan fingerprint density at radius 3 is 2.76 bits per heavy atom. The molecular weight excluding hydrogens is 258 g/mol. The zero-order valence-corrected chi connectivity index (χ0v) is 12.6.